The average Bonchev–Trinajstić information content (AvgIpc) is 3.46. The van der Waals surface area contributed by atoms with Gasteiger partial charge in [0.25, 0.3) is 5.91 Å². The fourth-order valence-electron chi connectivity index (χ4n) is 3.96. The molecule has 2 amide bonds. The normalized spacial score (nSPS) is 19.0. The third-order valence-electron chi connectivity index (χ3n) is 5.39. The number of fused-ring (bicyclic) bond motifs is 1. The Labute approximate surface area is 178 Å². The Hall–Kier alpha value is -2.92. The van der Waals surface area contributed by atoms with Crippen LogP contribution in [0.2, 0.25) is 0 Å². The number of amides is 2. The molecule has 0 aliphatic heterocycles. The van der Waals surface area contributed by atoms with Gasteiger partial charge in [-0.3, -0.25) is 14.8 Å². The van der Waals surface area contributed by atoms with Crippen LogP contribution in [0.1, 0.15) is 39.6 Å². The summed E-state index contributed by atoms with van der Waals surface area (Å²) in [5, 5.41) is 11.6. The van der Waals surface area contributed by atoms with Crippen molar-refractivity contribution < 1.29 is 28.0 Å². The van der Waals surface area contributed by atoms with Crippen molar-refractivity contribution in [2.24, 2.45) is 5.92 Å². The number of imidazole rings is 1. The summed E-state index contributed by atoms with van der Waals surface area (Å²) < 4.78 is 41.6. The molecule has 2 heterocycles. The number of alkyl halides is 3. The molecule has 0 saturated heterocycles. The van der Waals surface area contributed by atoms with Crippen LogP contribution in [0.25, 0.3) is 11.0 Å². The Balaban J connectivity index is 1.54. The van der Waals surface area contributed by atoms with Crippen molar-refractivity contribution >= 4 is 34.2 Å². The predicted molar refractivity (Wildman–Crippen MR) is 107 cm³/mol. The van der Waals surface area contributed by atoms with Crippen molar-refractivity contribution in [3.8, 4) is 0 Å². The summed E-state index contributed by atoms with van der Waals surface area (Å²) in [5.41, 5.74) is 2.23. The van der Waals surface area contributed by atoms with Crippen molar-refractivity contribution in [1.29, 1.82) is 0 Å². The highest BCUT2D eigenvalue weighted by Gasteiger charge is 2.38. The lowest BCUT2D eigenvalue weighted by molar-refractivity contribution is -0.146. The Bertz CT molecular complexity index is 1120. The zero-order valence-corrected chi connectivity index (χ0v) is 17.0. The quantitative estimate of drug-likeness (QED) is 0.407. The average molecular weight is 452 g/mol. The van der Waals surface area contributed by atoms with Crippen LogP contribution < -0.4 is 10.8 Å². The summed E-state index contributed by atoms with van der Waals surface area (Å²) in [6.07, 6.45) is -2.70. The molecule has 1 aliphatic carbocycles. The summed E-state index contributed by atoms with van der Waals surface area (Å²) in [4.78, 5) is 29.0. The Morgan fingerprint density at radius 3 is 2.71 bits per heavy atom. The molecule has 11 heteroatoms. The second-order valence-electron chi connectivity index (χ2n) is 7.37. The molecule has 0 radical (unpaired) electrons. The third-order valence-corrected chi connectivity index (χ3v) is 6.46. The molecule has 0 spiro atoms. The maximum Gasteiger partial charge on any atom is 0.449 e. The molecule has 2 atom stereocenters. The highest BCUT2D eigenvalue weighted by Crippen LogP contribution is 2.33. The third kappa shape index (κ3) is 4.28. The number of hydrogen-bond donors (Lipinski definition) is 3. The zero-order valence-electron chi connectivity index (χ0n) is 16.1. The van der Waals surface area contributed by atoms with Gasteiger partial charge in [-0.2, -0.15) is 13.2 Å². The second kappa shape index (κ2) is 8.31. The zero-order chi connectivity index (χ0) is 22.2. The molecule has 1 aromatic carbocycles. The lowest BCUT2D eigenvalue weighted by atomic mass is 10.0. The number of nitrogens with zero attached hydrogens (tertiary/aromatic N) is 2. The molecule has 0 bridgehead atoms. The van der Waals surface area contributed by atoms with Crippen LogP contribution in [0.15, 0.2) is 36.4 Å². The Kier molecular flexibility index (Phi) is 5.71. The lowest BCUT2D eigenvalue weighted by Crippen LogP contribution is -2.43. The van der Waals surface area contributed by atoms with Gasteiger partial charge in [0.1, 0.15) is 0 Å². The smallest absolute Gasteiger partial charge is 0.348 e. The van der Waals surface area contributed by atoms with E-state index in [1.54, 1.807) is 35.8 Å². The fraction of sp³-hybridized carbons (Fsp3) is 0.350. The molecule has 2 aromatic heterocycles. The van der Waals surface area contributed by atoms with Gasteiger partial charge in [0.05, 0.1) is 28.4 Å². The van der Waals surface area contributed by atoms with Gasteiger partial charge in [-0.15, -0.1) is 11.3 Å². The lowest BCUT2D eigenvalue weighted by Gasteiger charge is -2.18. The Morgan fingerprint density at radius 1 is 1.19 bits per heavy atom. The standard InChI is InChI=1S/C20H19F3N4O3S/c21-20(22,23)19-25-14-5-1-2-7-15(14)27(19)10-11-8-9-16(31-11)18(29)24-13-6-3-4-12(13)17(28)26-30/h1-2,5,7-9,12-13,30H,3-4,6,10H2,(H,24,29)(H,26,28)/t12-,13+/m0/s1. The van der Waals surface area contributed by atoms with E-state index in [1.807, 2.05) is 0 Å². The predicted octanol–water partition coefficient (Wildman–Crippen LogP) is 3.57. The molecule has 1 saturated carbocycles. The molecule has 1 fully saturated rings. The van der Waals surface area contributed by atoms with Gasteiger partial charge in [0.15, 0.2) is 0 Å². The van der Waals surface area contributed by atoms with Gasteiger partial charge in [-0.1, -0.05) is 18.6 Å². The van der Waals surface area contributed by atoms with E-state index >= 15 is 0 Å². The molecule has 3 N–H and O–H groups in total. The van der Waals surface area contributed by atoms with E-state index in [0.717, 1.165) is 22.3 Å². The van der Waals surface area contributed by atoms with E-state index in [9.17, 15) is 22.8 Å². The van der Waals surface area contributed by atoms with Crippen LogP contribution in [-0.2, 0) is 17.5 Å². The first-order valence-corrected chi connectivity index (χ1v) is 10.5. The second-order valence-corrected chi connectivity index (χ2v) is 8.54. The first-order valence-electron chi connectivity index (χ1n) is 9.64. The summed E-state index contributed by atoms with van der Waals surface area (Å²) in [6, 6.07) is 9.13. The minimum Gasteiger partial charge on any atom is -0.348 e. The summed E-state index contributed by atoms with van der Waals surface area (Å²) >= 11 is 1.09. The topological polar surface area (TPSA) is 96.3 Å². The number of hydrogen-bond acceptors (Lipinski definition) is 5. The number of hydroxylamine groups is 1. The number of para-hydroxylation sites is 2. The van der Waals surface area contributed by atoms with Crippen LogP contribution in [0, 0.1) is 5.92 Å². The van der Waals surface area contributed by atoms with Crippen LogP contribution in [0.3, 0.4) is 0 Å². The number of nitrogens with one attached hydrogen (secondary N) is 2. The molecule has 7 nitrogen and oxygen atoms in total. The monoisotopic (exact) mass is 452 g/mol. The van der Waals surface area contributed by atoms with E-state index in [2.05, 4.69) is 10.3 Å². The number of thiophene rings is 1. The van der Waals surface area contributed by atoms with E-state index in [0.29, 0.717) is 28.1 Å². The maximum atomic E-state index is 13.5. The molecule has 31 heavy (non-hydrogen) atoms. The number of benzene rings is 1. The summed E-state index contributed by atoms with van der Waals surface area (Å²) in [7, 11) is 0. The van der Waals surface area contributed by atoms with Crippen LogP contribution in [0.5, 0.6) is 0 Å². The van der Waals surface area contributed by atoms with E-state index in [-0.39, 0.29) is 12.1 Å². The largest absolute Gasteiger partial charge is 0.449 e. The van der Waals surface area contributed by atoms with Crippen LogP contribution in [0.4, 0.5) is 13.2 Å². The summed E-state index contributed by atoms with van der Waals surface area (Å²) in [6.45, 7) is -0.0771. The van der Waals surface area contributed by atoms with E-state index < -0.39 is 35.8 Å². The Morgan fingerprint density at radius 2 is 1.97 bits per heavy atom. The molecule has 0 unspecified atom stereocenters. The van der Waals surface area contributed by atoms with E-state index in [4.69, 9.17) is 5.21 Å². The molecule has 1 aliphatic rings. The van der Waals surface area contributed by atoms with Gasteiger partial charge in [0.2, 0.25) is 11.7 Å². The number of rotatable bonds is 5. The molecular weight excluding hydrogens is 433 g/mol. The minimum atomic E-state index is -4.61. The van der Waals surface area contributed by atoms with Gasteiger partial charge < -0.3 is 9.88 Å². The SMILES string of the molecule is O=C(N[C@@H]1CCC[C@@H]1C(=O)NO)c1ccc(Cn2c(C(F)(F)F)nc3ccccc32)s1. The number of carbonyl (C=O) groups is 2. The first-order chi connectivity index (χ1) is 14.8. The minimum absolute atomic E-state index is 0.0771. The van der Waals surface area contributed by atoms with Crippen molar-refractivity contribution in [1.82, 2.24) is 20.3 Å². The first kappa shape index (κ1) is 21.3. The molecule has 164 valence electrons. The maximum absolute atomic E-state index is 13.5. The van der Waals surface area contributed by atoms with Crippen molar-refractivity contribution in [3.05, 3.63) is 52.0 Å². The van der Waals surface area contributed by atoms with Gasteiger partial charge in [0, 0.05) is 10.9 Å². The number of halogens is 3. The fourth-order valence-corrected chi connectivity index (χ4v) is 4.86. The van der Waals surface area contributed by atoms with Crippen molar-refractivity contribution in [2.45, 2.75) is 38.0 Å². The number of aromatic nitrogens is 2. The highest BCUT2D eigenvalue weighted by molar-refractivity contribution is 7.14. The summed E-state index contributed by atoms with van der Waals surface area (Å²) in [5.74, 6) is -2.44. The van der Waals surface area contributed by atoms with E-state index in [1.165, 1.54) is 6.07 Å². The van der Waals surface area contributed by atoms with Crippen LogP contribution >= 0.6 is 11.3 Å². The van der Waals surface area contributed by atoms with Gasteiger partial charge in [-0.05, 0) is 37.1 Å². The van der Waals surface area contributed by atoms with Crippen LogP contribution in [-0.4, -0.2) is 32.6 Å². The van der Waals surface area contributed by atoms with Crippen molar-refractivity contribution in [2.75, 3.05) is 0 Å². The van der Waals surface area contributed by atoms with Crippen molar-refractivity contribution in [3.63, 3.8) is 0 Å². The molecular formula is C20H19F3N4O3S. The van der Waals surface area contributed by atoms with Gasteiger partial charge >= 0.3 is 6.18 Å². The molecule has 4 rings (SSSR count). The number of carbonyl (C=O) groups excluding carboxylic acids is 2. The molecule has 3 aromatic rings. The van der Waals surface area contributed by atoms with Gasteiger partial charge in [-0.25, -0.2) is 10.5 Å². The highest BCUT2D eigenvalue weighted by atomic mass is 32.1.